The second-order valence-corrected chi connectivity index (χ2v) is 5.12. The molecule has 0 unspecified atom stereocenters. The molecular weight excluding hydrogens is 295 g/mol. The Kier molecular flexibility index (Phi) is 3.85. The largest absolute Gasteiger partial charge is 0.311 e. The SMILES string of the molecule is ClCc1nc2cc(Cl)cnc2n1CCc1cccnc1. The molecule has 3 rings (SSSR count). The summed E-state index contributed by atoms with van der Waals surface area (Å²) in [6, 6.07) is 5.79. The van der Waals surface area contributed by atoms with Crippen molar-refractivity contribution in [3.8, 4) is 0 Å². The van der Waals surface area contributed by atoms with Crippen LogP contribution >= 0.6 is 23.2 Å². The van der Waals surface area contributed by atoms with E-state index in [1.807, 2.05) is 16.8 Å². The number of hydrogen-bond acceptors (Lipinski definition) is 3. The van der Waals surface area contributed by atoms with Gasteiger partial charge in [0.2, 0.25) is 0 Å². The van der Waals surface area contributed by atoms with E-state index in [0.717, 1.165) is 30.0 Å². The number of halogens is 2. The Labute approximate surface area is 126 Å². The van der Waals surface area contributed by atoms with Gasteiger partial charge in [0.15, 0.2) is 5.65 Å². The van der Waals surface area contributed by atoms with Crippen LogP contribution in [0.1, 0.15) is 11.4 Å². The summed E-state index contributed by atoms with van der Waals surface area (Å²) in [6.45, 7) is 0.763. The molecule has 0 saturated carbocycles. The molecule has 0 aliphatic carbocycles. The van der Waals surface area contributed by atoms with Gasteiger partial charge < -0.3 is 4.57 Å². The normalized spacial score (nSPS) is 11.1. The Morgan fingerprint density at radius 2 is 2.15 bits per heavy atom. The average molecular weight is 307 g/mol. The van der Waals surface area contributed by atoms with Gasteiger partial charge >= 0.3 is 0 Å². The van der Waals surface area contributed by atoms with Crippen LogP contribution in [0.25, 0.3) is 11.2 Å². The quantitative estimate of drug-likeness (QED) is 0.693. The summed E-state index contributed by atoms with van der Waals surface area (Å²) in [4.78, 5) is 12.9. The Morgan fingerprint density at radius 3 is 2.90 bits per heavy atom. The number of fused-ring (bicyclic) bond motifs is 1. The summed E-state index contributed by atoms with van der Waals surface area (Å²) in [6.07, 6.45) is 6.12. The van der Waals surface area contributed by atoms with Crippen LogP contribution in [-0.4, -0.2) is 19.5 Å². The van der Waals surface area contributed by atoms with Gasteiger partial charge in [-0.25, -0.2) is 9.97 Å². The van der Waals surface area contributed by atoms with Crippen molar-refractivity contribution in [2.24, 2.45) is 0 Å². The highest BCUT2D eigenvalue weighted by molar-refractivity contribution is 6.31. The fraction of sp³-hybridized carbons (Fsp3) is 0.214. The van der Waals surface area contributed by atoms with Crippen molar-refractivity contribution >= 4 is 34.4 Å². The highest BCUT2D eigenvalue weighted by atomic mass is 35.5. The number of aromatic nitrogens is 4. The first-order valence-electron chi connectivity index (χ1n) is 6.23. The lowest BCUT2D eigenvalue weighted by molar-refractivity contribution is 0.681. The van der Waals surface area contributed by atoms with Crippen LogP contribution in [0.2, 0.25) is 5.02 Å². The van der Waals surface area contributed by atoms with Gasteiger partial charge in [-0.15, -0.1) is 11.6 Å². The third-order valence-corrected chi connectivity index (χ3v) is 3.54. The van der Waals surface area contributed by atoms with Crippen LogP contribution in [0, 0.1) is 0 Å². The van der Waals surface area contributed by atoms with Crippen LogP contribution in [0.15, 0.2) is 36.8 Å². The smallest absolute Gasteiger partial charge is 0.160 e. The van der Waals surface area contributed by atoms with Gasteiger partial charge in [0.1, 0.15) is 11.3 Å². The predicted molar refractivity (Wildman–Crippen MR) is 80.0 cm³/mol. The summed E-state index contributed by atoms with van der Waals surface area (Å²) in [5.41, 5.74) is 2.76. The number of aryl methyl sites for hydroxylation is 2. The Morgan fingerprint density at radius 1 is 1.25 bits per heavy atom. The fourth-order valence-corrected chi connectivity index (χ4v) is 2.51. The zero-order chi connectivity index (χ0) is 13.9. The number of nitrogens with zero attached hydrogens (tertiary/aromatic N) is 4. The van der Waals surface area contributed by atoms with E-state index in [-0.39, 0.29) is 0 Å². The molecule has 0 radical (unpaired) electrons. The Balaban J connectivity index is 1.93. The highest BCUT2D eigenvalue weighted by Gasteiger charge is 2.11. The number of rotatable bonds is 4. The van der Waals surface area contributed by atoms with Crippen molar-refractivity contribution in [1.82, 2.24) is 19.5 Å². The third kappa shape index (κ3) is 2.62. The van der Waals surface area contributed by atoms with E-state index < -0.39 is 0 Å². The van der Waals surface area contributed by atoms with Crippen LogP contribution in [0.5, 0.6) is 0 Å². The molecule has 0 atom stereocenters. The topological polar surface area (TPSA) is 43.6 Å². The number of pyridine rings is 2. The van der Waals surface area contributed by atoms with Crippen molar-refractivity contribution in [3.63, 3.8) is 0 Å². The fourth-order valence-electron chi connectivity index (χ4n) is 2.16. The minimum Gasteiger partial charge on any atom is -0.311 e. The second kappa shape index (κ2) is 5.77. The first-order valence-corrected chi connectivity index (χ1v) is 7.14. The molecule has 0 fully saturated rings. The molecule has 0 amide bonds. The molecule has 0 spiro atoms. The van der Waals surface area contributed by atoms with Crippen LogP contribution in [-0.2, 0) is 18.8 Å². The van der Waals surface area contributed by atoms with Crippen LogP contribution in [0.3, 0.4) is 0 Å². The molecule has 4 nitrogen and oxygen atoms in total. The standard InChI is InChI=1S/C14H12Cl2N4/c15-7-13-19-12-6-11(16)9-18-14(12)20(13)5-3-10-2-1-4-17-8-10/h1-2,4,6,8-9H,3,5,7H2. The van der Waals surface area contributed by atoms with Crippen molar-refractivity contribution in [1.29, 1.82) is 0 Å². The van der Waals surface area contributed by atoms with Gasteiger partial charge in [-0.05, 0) is 24.1 Å². The molecule has 0 aliphatic rings. The molecule has 0 aromatic carbocycles. The zero-order valence-corrected chi connectivity index (χ0v) is 12.1. The molecule has 3 heterocycles. The van der Waals surface area contributed by atoms with Gasteiger partial charge in [-0.2, -0.15) is 0 Å². The van der Waals surface area contributed by atoms with Gasteiger partial charge in [-0.3, -0.25) is 4.98 Å². The summed E-state index contributed by atoms with van der Waals surface area (Å²) in [7, 11) is 0. The van der Waals surface area contributed by atoms with E-state index in [2.05, 4.69) is 21.0 Å². The van der Waals surface area contributed by atoms with E-state index in [1.165, 1.54) is 5.56 Å². The number of alkyl halides is 1. The molecule has 0 N–H and O–H groups in total. The number of imidazole rings is 1. The third-order valence-electron chi connectivity index (χ3n) is 3.10. The molecule has 20 heavy (non-hydrogen) atoms. The highest BCUT2D eigenvalue weighted by Crippen LogP contribution is 2.19. The molecule has 3 aromatic rings. The molecule has 102 valence electrons. The Hall–Kier alpha value is -1.65. The maximum absolute atomic E-state index is 5.97. The minimum absolute atomic E-state index is 0.348. The minimum atomic E-state index is 0.348. The first-order chi connectivity index (χ1) is 9.78. The summed E-state index contributed by atoms with van der Waals surface area (Å²) in [5.74, 6) is 1.15. The van der Waals surface area contributed by atoms with E-state index in [9.17, 15) is 0 Å². The first kappa shape index (κ1) is 13.3. The van der Waals surface area contributed by atoms with Gasteiger partial charge in [0.05, 0.1) is 10.9 Å². The van der Waals surface area contributed by atoms with E-state index in [4.69, 9.17) is 23.2 Å². The van der Waals surface area contributed by atoms with E-state index >= 15 is 0 Å². The average Bonchev–Trinajstić information content (AvgIpc) is 2.83. The summed E-state index contributed by atoms with van der Waals surface area (Å²) in [5, 5.41) is 0.579. The van der Waals surface area contributed by atoms with E-state index in [0.29, 0.717) is 10.9 Å². The summed E-state index contributed by atoms with van der Waals surface area (Å²) < 4.78 is 2.03. The number of hydrogen-bond donors (Lipinski definition) is 0. The van der Waals surface area contributed by atoms with Crippen molar-refractivity contribution in [2.45, 2.75) is 18.8 Å². The zero-order valence-electron chi connectivity index (χ0n) is 10.6. The maximum atomic E-state index is 5.97. The molecule has 0 bridgehead atoms. The van der Waals surface area contributed by atoms with E-state index in [1.54, 1.807) is 18.5 Å². The monoisotopic (exact) mass is 306 g/mol. The van der Waals surface area contributed by atoms with Gasteiger partial charge in [0.25, 0.3) is 0 Å². The molecule has 0 saturated heterocycles. The van der Waals surface area contributed by atoms with Gasteiger partial charge in [-0.1, -0.05) is 17.7 Å². The summed E-state index contributed by atoms with van der Waals surface area (Å²) >= 11 is 11.9. The van der Waals surface area contributed by atoms with Gasteiger partial charge in [0, 0.05) is 25.1 Å². The lowest BCUT2D eigenvalue weighted by atomic mass is 10.2. The molecular formula is C14H12Cl2N4. The van der Waals surface area contributed by atoms with Crippen molar-refractivity contribution in [3.05, 3.63) is 53.2 Å². The predicted octanol–water partition coefficient (Wildman–Crippen LogP) is 3.46. The molecule has 6 heteroatoms. The van der Waals surface area contributed by atoms with Crippen LogP contribution < -0.4 is 0 Å². The molecule has 3 aromatic heterocycles. The lowest BCUT2D eigenvalue weighted by Crippen LogP contribution is -2.06. The maximum Gasteiger partial charge on any atom is 0.160 e. The van der Waals surface area contributed by atoms with Crippen molar-refractivity contribution in [2.75, 3.05) is 0 Å². The Bertz CT molecular complexity index is 725. The lowest BCUT2D eigenvalue weighted by Gasteiger charge is -2.06. The van der Waals surface area contributed by atoms with Crippen molar-refractivity contribution < 1.29 is 0 Å². The van der Waals surface area contributed by atoms with Crippen LogP contribution in [0.4, 0.5) is 0 Å². The second-order valence-electron chi connectivity index (χ2n) is 4.42. The molecule has 0 aliphatic heterocycles.